The predicted octanol–water partition coefficient (Wildman–Crippen LogP) is 5.14. The number of alkyl halides is 2. The Morgan fingerprint density at radius 3 is 2.12 bits per heavy atom. The molecular weight excluding hydrogens is 928 g/mol. The monoisotopic (exact) mass is 994 g/mol. The van der Waals surface area contributed by atoms with Gasteiger partial charge in [-0.25, -0.2) is 9.49 Å². The van der Waals surface area contributed by atoms with Crippen LogP contribution < -0.4 is 10.9 Å². The summed E-state index contributed by atoms with van der Waals surface area (Å²) in [5.41, 5.74) is 2.21. The minimum atomic E-state index is -3.05. The minimum Gasteiger partial charge on any atom is -0.340 e. The summed E-state index contributed by atoms with van der Waals surface area (Å²) in [6.45, 7) is 7.25. The van der Waals surface area contributed by atoms with Crippen molar-refractivity contribution in [1.82, 2.24) is 44.9 Å². The number of piperazine rings is 2. The lowest BCUT2D eigenvalue weighted by Gasteiger charge is -2.41. The van der Waals surface area contributed by atoms with Gasteiger partial charge in [0.05, 0.1) is 23.2 Å². The van der Waals surface area contributed by atoms with Gasteiger partial charge in [-0.2, -0.15) is 13.9 Å². The summed E-state index contributed by atoms with van der Waals surface area (Å²) < 4.78 is 41.5. The van der Waals surface area contributed by atoms with E-state index >= 15 is 4.39 Å². The van der Waals surface area contributed by atoms with E-state index in [0.717, 1.165) is 89.7 Å². The first kappa shape index (κ1) is 50.8. The highest BCUT2D eigenvalue weighted by Crippen LogP contribution is 2.31. The van der Waals surface area contributed by atoms with Crippen molar-refractivity contribution in [2.75, 3.05) is 91.6 Å². The molecule has 384 valence electrons. The van der Waals surface area contributed by atoms with E-state index in [-0.39, 0.29) is 47.2 Å². The van der Waals surface area contributed by atoms with E-state index in [2.05, 4.69) is 25.3 Å². The van der Waals surface area contributed by atoms with Crippen molar-refractivity contribution in [1.29, 1.82) is 0 Å². The number of amides is 5. The molecule has 15 nitrogen and oxygen atoms in total. The Bertz CT molecular complexity index is 2660. The van der Waals surface area contributed by atoms with Crippen LogP contribution in [0.1, 0.15) is 101 Å². The zero-order valence-corrected chi connectivity index (χ0v) is 40.9. The lowest BCUT2D eigenvalue weighted by molar-refractivity contribution is -0.144. The first-order chi connectivity index (χ1) is 34.9. The van der Waals surface area contributed by atoms with Gasteiger partial charge in [0.25, 0.3) is 23.3 Å². The summed E-state index contributed by atoms with van der Waals surface area (Å²) >= 11 is 0. The van der Waals surface area contributed by atoms with Crippen LogP contribution in [-0.2, 0) is 20.8 Å². The summed E-state index contributed by atoms with van der Waals surface area (Å²) in [5, 5.41) is 11.1. The zero-order chi connectivity index (χ0) is 50.3. The maximum absolute atomic E-state index is 15.1. The van der Waals surface area contributed by atoms with Crippen molar-refractivity contribution >= 4 is 40.3 Å². The summed E-state index contributed by atoms with van der Waals surface area (Å²) in [4.78, 5) is 90.7. The molecule has 3 aromatic carbocycles. The number of benzene rings is 3. The average Bonchev–Trinajstić information content (AvgIpc) is 3.42. The lowest BCUT2D eigenvalue weighted by Crippen LogP contribution is -2.57. The van der Waals surface area contributed by atoms with E-state index in [1.807, 2.05) is 23.1 Å². The van der Waals surface area contributed by atoms with Gasteiger partial charge < -0.3 is 24.9 Å². The molecule has 5 amide bonds. The second-order valence-electron chi connectivity index (χ2n) is 20.5. The SMILES string of the molecule is O=C(NC(C(=O)N1CCN(CC2CCN(CC(=O)N3CCN(C(=O)c4cc(Cc5n[nH]c(=O)c6ccccc56)ccc4F)CC3)CC2)CC1)C1CCCCC1)c1cccc(C2CCCN(C(=O)C(F)F)C2)c1. The van der Waals surface area contributed by atoms with Gasteiger partial charge in [0.1, 0.15) is 11.9 Å². The molecule has 2 unspecified atom stereocenters. The number of halogens is 3. The molecule has 5 aliphatic rings. The summed E-state index contributed by atoms with van der Waals surface area (Å²) in [6, 6.07) is 18.1. The van der Waals surface area contributed by atoms with Gasteiger partial charge >= 0.3 is 6.43 Å². The molecule has 1 aliphatic carbocycles. The number of fused-ring (bicyclic) bond motifs is 1. The molecule has 9 rings (SSSR count). The van der Waals surface area contributed by atoms with E-state index in [4.69, 9.17) is 0 Å². The molecule has 0 radical (unpaired) electrons. The number of H-pyrrole nitrogens is 1. The van der Waals surface area contributed by atoms with E-state index in [9.17, 15) is 37.5 Å². The largest absolute Gasteiger partial charge is 0.340 e. The number of carbonyl (C=O) groups is 5. The molecule has 5 heterocycles. The highest BCUT2D eigenvalue weighted by atomic mass is 19.3. The topological polar surface area (TPSA) is 163 Å². The number of hydrogen-bond acceptors (Lipinski definition) is 9. The van der Waals surface area contributed by atoms with Crippen molar-refractivity contribution in [2.24, 2.45) is 11.8 Å². The Morgan fingerprint density at radius 2 is 1.39 bits per heavy atom. The van der Waals surface area contributed by atoms with E-state index in [1.54, 1.807) is 52.3 Å². The van der Waals surface area contributed by atoms with Crippen LogP contribution in [0.5, 0.6) is 0 Å². The van der Waals surface area contributed by atoms with Crippen LogP contribution in [0.2, 0.25) is 0 Å². The van der Waals surface area contributed by atoms with Crippen LogP contribution in [0.25, 0.3) is 10.8 Å². The lowest BCUT2D eigenvalue weighted by atomic mass is 9.83. The van der Waals surface area contributed by atoms with Crippen molar-refractivity contribution in [3.05, 3.63) is 111 Å². The second kappa shape index (κ2) is 23.2. The molecule has 4 aromatic rings. The smallest absolute Gasteiger partial charge is 0.315 e. The molecule has 18 heteroatoms. The molecule has 2 N–H and O–H groups in total. The third-order valence-corrected chi connectivity index (χ3v) is 15.8. The van der Waals surface area contributed by atoms with Crippen LogP contribution in [0.15, 0.2) is 71.5 Å². The van der Waals surface area contributed by atoms with E-state index in [1.165, 1.54) is 11.0 Å². The Hall–Kier alpha value is -6.14. The number of carbonyl (C=O) groups excluding carboxylic acids is 5. The third-order valence-electron chi connectivity index (χ3n) is 15.8. The van der Waals surface area contributed by atoms with Crippen LogP contribution in [0, 0.1) is 17.7 Å². The number of likely N-dealkylation sites (tertiary alicyclic amines) is 2. The van der Waals surface area contributed by atoms with Gasteiger partial charge in [-0.05, 0) is 105 Å². The molecular formula is C54H66F3N9O6. The van der Waals surface area contributed by atoms with Crippen molar-refractivity contribution in [2.45, 2.75) is 82.6 Å². The number of aromatic nitrogens is 2. The van der Waals surface area contributed by atoms with Crippen molar-refractivity contribution < 1.29 is 37.1 Å². The fourth-order valence-corrected chi connectivity index (χ4v) is 11.6. The van der Waals surface area contributed by atoms with Gasteiger partial charge in [0.15, 0.2) is 0 Å². The molecule has 1 saturated carbocycles. The zero-order valence-electron chi connectivity index (χ0n) is 40.9. The van der Waals surface area contributed by atoms with Crippen molar-refractivity contribution in [3.63, 3.8) is 0 Å². The Kier molecular flexibility index (Phi) is 16.3. The molecule has 0 spiro atoms. The maximum Gasteiger partial charge on any atom is 0.315 e. The highest BCUT2D eigenvalue weighted by molar-refractivity contribution is 5.98. The number of nitrogens with one attached hydrogen (secondary N) is 2. The number of rotatable bonds is 13. The number of piperidine rings is 2. The van der Waals surface area contributed by atoms with E-state index < -0.39 is 30.1 Å². The number of hydrogen-bond donors (Lipinski definition) is 2. The number of aromatic amines is 1. The maximum atomic E-state index is 15.1. The van der Waals surface area contributed by atoms with Crippen LogP contribution >= 0.6 is 0 Å². The average molecular weight is 994 g/mol. The van der Waals surface area contributed by atoms with Gasteiger partial charge in [-0.15, -0.1) is 0 Å². The standard InChI is InChI=1S/C54H66F3N9O6/c55-45-16-15-37(31-46-42-13-4-5-14-43(42)51(69)60-59-46)30-44(45)52(70)64-28-26-63(27-29-64)47(67)35-61-20-17-36(18-21-61)33-62-22-24-65(25-23-62)53(71)48(38-8-2-1-3-9-38)58-50(68)40-11-6-10-39(32-40)41-12-7-19-66(34-41)54(72)49(56)57/h4-6,10-11,13-16,30,32,36,38,41,48-49H,1-3,7-9,12,17-29,31,33-35H2,(H,58,68)(H,60,69). The molecule has 2 atom stereocenters. The van der Waals surface area contributed by atoms with Crippen LogP contribution in [0.3, 0.4) is 0 Å². The fourth-order valence-electron chi connectivity index (χ4n) is 11.6. The normalized spacial score (nSPS) is 20.5. The summed E-state index contributed by atoms with van der Waals surface area (Å²) in [7, 11) is 0. The van der Waals surface area contributed by atoms with E-state index in [0.29, 0.717) is 98.7 Å². The van der Waals surface area contributed by atoms with Crippen LogP contribution in [0.4, 0.5) is 13.2 Å². The van der Waals surface area contributed by atoms with Crippen molar-refractivity contribution in [3.8, 4) is 0 Å². The number of nitrogens with zero attached hydrogens (tertiary/aromatic N) is 7. The first-order valence-corrected chi connectivity index (χ1v) is 25.9. The van der Waals surface area contributed by atoms with Gasteiger partial charge in [-0.3, -0.25) is 38.6 Å². The van der Waals surface area contributed by atoms with Gasteiger partial charge in [-0.1, -0.05) is 55.7 Å². The third kappa shape index (κ3) is 12.0. The van der Waals surface area contributed by atoms with Gasteiger partial charge in [0, 0.05) is 95.3 Å². The quantitative estimate of drug-likeness (QED) is 0.185. The van der Waals surface area contributed by atoms with Gasteiger partial charge in [0.2, 0.25) is 11.8 Å². The Balaban J connectivity index is 0.708. The highest BCUT2D eigenvalue weighted by Gasteiger charge is 2.37. The molecule has 72 heavy (non-hydrogen) atoms. The summed E-state index contributed by atoms with van der Waals surface area (Å²) in [6.07, 6.45) is 5.35. The molecule has 4 saturated heterocycles. The molecule has 5 fully saturated rings. The second-order valence-corrected chi connectivity index (χ2v) is 20.5. The molecule has 4 aliphatic heterocycles. The predicted molar refractivity (Wildman–Crippen MR) is 265 cm³/mol. The molecule has 1 aromatic heterocycles. The fraction of sp³-hybridized carbons (Fsp3) is 0.537. The summed E-state index contributed by atoms with van der Waals surface area (Å²) in [5.74, 6) is -2.22. The minimum absolute atomic E-state index is 0.0191. The first-order valence-electron chi connectivity index (χ1n) is 25.9. The molecule has 0 bridgehead atoms. The van der Waals surface area contributed by atoms with Crippen LogP contribution in [-0.4, -0.2) is 173 Å². The Morgan fingerprint density at radius 1 is 0.681 bits per heavy atom. The Labute approximate surface area is 418 Å².